The number of hydrogen-bond acceptors (Lipinski definition) is 5. The van der Waals surface area contributed by atoms with Crippen LogP contribution in [0.5, 0.6) is 11.5 Å². The standard InChI is InChI=1S/C22H25NO5S/c1-13-9-10-15(11-14(13)2)29(25,26)20-17-12-22(3,23(4)21(20)24)28-19-16(17)7-6-8-18(19)27-5/h6-11,17,20H,12H2,1-5H3/t17-,20+,22+/m1/s1. The van der Waals surface area contributed by atoms with Crippen molar-refractivity contribution in [3.8, 4) is 11.5 Å². The van der Waals surface area contributed by atoms with Crippen molar-refractivity contribution in [1.82, 2.24) is 4.90 Å². The quantitative estimate of drug-likeness (QED) is 0.770. The number of methoxy groups -OCH3 is 1. The van der Waals surface area contributed by atoms with E-state index in [4.69, 9.17) is 9.47 Å². The van der Waals surface area contributed by atoms with Gasteiger partial charge in [-0.2, -0.15) is 0 Å². The van der Waals surface area contributed by atoms with Gasteiger partial charge in [0.05, 0.1) is 12.0 Å². The molecule has 2 aromatic carbocycles. The largest absolute Gasteiger partial charge is 0.493 e. The number of likely N-dealkylation sites (tertiary alicyclic amines) is 1. The Labute approximate surface area is 171 Å². The summed E-state index contributed by atoms with van der Waals surface area (Å²) < 4.78 is 38.9. The van der Waals surface area contributed by atoms with Crippen LogP contribution in [-0.2, 0) is 14.6 Å². The molecule has 0 aliphatic carbocycles. The van der Waals surface area contributed by atoms with Gasteiger partial charge in [0.1, 0.15) is 0 Å². The lowest BCUT2D eigenvalue weighted by Gasteiger charge is -2.51. The number of nitrogens with zero attached hydrogens (tertiary/aromatic N) is 1. The van der Waals surface area contributed by atoms with Gasteiger partial charge in [-0.05, 0) is 50.1 Å². The number of sulfone groups is 1. The molecule has 0 radical (unpaired) electrons. The number of hydrogen-bond donors (Lipinski definition) is 0. The van der Waals surface area contributed by atoms with E-state index >= 15 is 0 Å². The van der Waals surface area contributed by atoms with Crippen LogP contribution in [0, 0.1) is 13.8 Å². The molecule has 2 aliphatic rings. The fourth-order valence-corrected chi connectivity index (χ4v) is 6.32. The number of ether oxygens (including phenoxy) is 2. The van der Waals surface area contributed by atoms with Crippen LogP contribution in [-0.4, -0.2) is 44.4 Å². The number of para-hydroxylation sites is 1. The third kappa shape index (κ3) is 2.82. The van der Waals surface area contributed by atoms with E-state index in [2.05, 4.69) is 0 Å². The minimum atomic E-state index is -3.91. The highest BCUT2D eigenvalue weighted by atomic mass is 32.2. The van der Waals surface area contributed by atoms with Crippen LogP contribution in [0.25, 0.3) is 0 Å². The highest BCUT2D eigenvalue weighted by Gasteiger charge is 2.57. The number of amides is 1. The highest BCUT2D eigenvalue weighted by Crippen LogP contribution is 2.52. The van der Waals surface area contributed by atoms with Gasteiger partial charge in [-0.1, -0.05) is 18.2 Å². The maximum Gasteiger partial charge on any atom is 0.244 e. The van der Waals surface area contributed by atoms with Crippen LogP contribution in [0.2, 0.25) is 0 Å². The number of aryl methyl sites for hydroxylation is 2. The molecule has 2 bridgehead atoms. The lowest BCUT2D eigenvalue weighted by atomic mass is 9.80. The maximum absolute atomic E-state index is 13.7. The Kier molecular flexibility index (Phi) is 4.42. The molecule has 0 N–H and O–H groups in total. The monoisotopic (exact) mass is 415 g/mol. The van der Waals surface area contributed by atoms with Gasteiger partial charge >= 0.3 is 0 Å². The van der Waals surface area contributed by atoms with E-state index in [9.17, 15) is 13.2 Å². The zero-order chi connectivity index (χ0) is 21.1. The molecule has 154 valence electrons. The average molecular weight is 416 g/mol. The normalized spacial score (nSPS) is 26.0. The van der Waals surface area contributed by atoms with Gasteiger partial charge in [0.25, 0.3) is 0 Å². The predicted octanol–water partition coefficient (Wildman–Crippen LogP) is 3.21. The molecule has 2 aliphatic heterocycles. The second-order valence-electron chi connectivity index (χ2n) is 8.08. The van der Waals surface area contributed by atoms with E-state index in [0.29, 0.717) is 23.5 Å². The zero-order valence-corrected chi connectivity index (χ0v) is 18.0. The Hall–Kier alpha value is -2.54. The summed E-state index contributed by atoms with van der Waals surface area (Å²) in [6.07, 6.45) is 0.393. The second-order valence-corrected chi connectivity index (χ2v) is 10.1. The Morgan fingerprint density at radius 2 is 1.90 bits per heavy atom. The lowest BCUT2D eigenvalue weighted by molar-refractivity contribution is -0.160. The number of fused-ring (bicyclic) bond motifs is 4. The first-order chi connectivity index (χ1) is 13.6. The van der Waals surface area contributed by atoms with Crippen molar-refractivity contribution in [2.45, 2.75) is 49.0 Å². The molecular formula is C22H25NO5S. The van der Waals surface area contributed by atoms with E-state index in [1.54, 1.807) is 44.5 Å². The molecular weight excluding hydrogens is 390 g/mol. The number of benzene rings is 2. The molecule has 6 nitrogen and oxygen atoms in total. The van der Waals surface area contributed by atoms with Crippen molar-refractivity contribution >= 4 is 15.7 Å². The summed E-state index contributed by atoms with van der Waals surface area (Å²) >= 11 is 0. The van der Waals surface area contributed by atoms with Crippen LogP contribution >= 0.6 is 0 Å². The second kappa shape index (κ2) is 6.49. The van der Waals surface area contributed by atoms with Crippen molar-refractivity contribution in [3.63, 3.8) is 0 Å². The summed E-state index contributed by atoms with van der Waals surface area (Å²) in [7, 11) is -0.766. The minimum Gasteiger partial charge on any atom is -0.493 e. The Bertz CT molecular complexity index is 1110. The smallest absolute Gasteiger partial charge is 0.244 e. The molecule has 1 fully saturated rings. The first-order valence-corrected chi connectivity index (χ1v) is 11.1. The van der Waals surface area contributed by atoms with Crippen molar-refractivity contribution in [2.24, 2.45) is 0 Å². The number of rotatable bonds is 3. The van der Waals surface area contributed by atoms with Crippen molar-refractivity contribution in [3.05, 3.63) is 53.1 Å². The molecule has 0 spiro atoms. The average Bonchev–Trinajstić information content (AvgIpc) is 2.67. The van der Waals surface area contributed by atoms with Crippen molar-refractivity contribution in [2.75, 3.05) is 14.2 Å². The van der Waals surface area contributed by atoms with Crippen LogP contribution in [0.3, 0.4) is 0 Å². The van der Waals surface area contributed by atoms with Gasteiger partial charge in [0.15, 0.2) is 32.3 Å². The number of carbonyl (C=O) groups is 1. The Morgan fingerprint density at radius 1 is 1.17 bits per heavy atom. The van der Waals surface area contributed by atoms with Gasteiger partial charge in [0.2, 0.25) is 5.91 Å². The summed E-state index contributed by atoms with van der Waals surface area (Å²) in [5.74, 6) is 0.0708. The maximum atomic E-state index is 13.7. The first kappa shape index (κ1) is 19.8. The van der Waals surface area contributed by atoms with Gasteiger partial charge in [-0.15, -0.1) is 0 Å². The molecule has 7 heteroatoms. The molecule has 1 amide bonds. The third-order valence-electron chi connectivity index (χ3n) is 6.34. The first-order valence-electron chi connectivity index (χ1n) is 9.55. The molecule has 0 saturated carbocycles. The summed E-state index contributed by atoms with van der Waals surface area (Å²) in [6, 6.07) is 10.4. The molecule has 2 heterocycles. The van der Waals surface area contributed by atoms with Gasteiger partial charge < -0.3 is 14.4 Å². The fourth-order valence-electron chi connectivity index (χ4n) is 4.33. The Morgan fingerprint density at radius 3 is 2.55 bits per heavy atom. The summed E-state index contributed by atoms with van der Waals surface area (Å²) in [5.41, 5.74) is 1.64. The number of piperidine rings is 1. The van der Waals surface area contributed by atoms with E-state index in [-0.39, 0.29) is 4.90 Å². The highest BCUT2D eigenvalue weighted by molar-refractivity contribution is 7.92. The molecule has 2 aromatic rings. The topological polar surface area (TPSA) is 72.9 Å². The van der Waals surface area contributed by atoms with Crippen LogP contribution in [0.1, 0.15) is 36.0 Å². The fraction of sp³-hybridized carbons (Fsp3) is 0.409. The van der Waals surface area contributed by atoms with Gasteiger partial charge in [0, 0.05) is 24.9 Å². The minimum absolute atomic E-state index is 0.173. The van der Waals surface area contributed by atoms with E-state index in [1.807, 2.05) is 26.8 Å². The molecule has 4 rings (SSSR count). The third-order valence-corrected chi connectivity index (χ3v) is 8.45. The van der Waals surface area contributed by atoms with Gasteiger partial charge in [-0.25, -0.2) is 8.42 Å². The molecule has 0 aromatic heterocycles. The summed E-state index contributed by atoms with van der Waals surface area (Å²) in [5, 5.41) is -1.21. The van der Waals surface area contributed by atoms with Crippen molar-refractivity contribution < 1.29 is 22.7 Å². The van der Waals surface area contributed by atoms with Crippen LogP contribution < -0.4 is 9.47 Å². The SMILES string of the molecule is COc1cccc2c1O[C@@]1(C)C[C@H]2[C@H](S(=O)(=O)c2ccc(C)c(C)c2)C(=O)N1C. The Balaban J connectivity index is 1.91. The van der Waals surface area contributed by atoms with E-state index in [1.165, 1.54) is 4.90 Å². The van der Waals surface area contributed by atoms with Crippen LogP contribution in [0.4, 0.5) is 0 Å². The molecule has 29 heavy (non-hydrogen) atoms. The number of carbonyl (C=O) groups excluding carboxylic acids is 1. The predicted molar refractivity (Wildman–Crippen MR) is 109 cm³/mol. The van der Waals surface area contributed by atoms with Crippen molar-refractivity contribution in [1.29, 1.82) is 0 Å². The molecule has 3 atom stereocenters. The molecule has 0 unspecified atom stereocenters. The van der Waals surface area contributed by atoms with E-state index < -0.39 is 32.6 Å². The zero-order valence-electron chi connectivity index (χ0n) is 17.2. The summed E-state index contributed by atoms with van der Waals surface area (Å²) in [4.78, 5) is 14.9. The molecule has 1 saturated heterocycles. The van der Waals surface area contributed by atoms with E-state index in [0.717, 1.165) is 11.1 Å². The van der Waals surface area contributed by atoms with Gasteiger partial charge in [-0.3, -0.25) is 4.79 Å². The lowest BCUT2D eigenvalue weighted by Crippen LogP contribution is -2.64. The van der Waals surface area contributed by atoms with Crippen LogP contribution in [0.15, 0.2) is 41.3 Å². The summed E-state index contributed by atoms with van der Waals surface area (Å²) in [6.45, 7) is 5.61.